The van der Waals surface area contributed by atoms with Crippen molar-refractivity contribution in [3.63, 3.8) is 0 Å². The van der Waals surface area contributed by atoms with E-state index in [4.69, 9.17) is 0 Å². The van der Waals surface area contributed by atoms with Crippen molar-refractivity contribution in [1.82, 2.24) is 14.9 Å². The van der Waals surface area contributed by atoms with Crippen LogP contribution in [-0.4, -0.2) is 26.9 Å². The maximum absolute atomic E-state index is 11.5. The van der Waals surface area contributed by atoms with Crippen LogP contribution in [0.1, 0.15) is 28.7 Å². The number of nitrogens with zero attached hydrogens (tertiary/aromatic N) is 2. The molecule has 4 nitrogen and oxygen atoms in total. The van der Waals surface area contributed by atoms with Crippen LogP contribution in [0.4, 0.5) is 0 Å². The lowest BCUT2D eigenvalue weighted by Gasteiger charge is -2.07. The Morgan fingerprint density at radius 1 is 1.71 bits per heavy atom. The number of aromatic nitrogens is 2. The predicted molar refractivity (Wildman–Crippen MR) is 60.0 cm³/mol. The van der Waals surface area contributed by atoms with E-state index >= 15 is 0 Å². The van der Waals surface area contributed by atoms with E-state index in [9.17, 15) is 4.79 Å². The van der Waals surface area contributed by atoms with E-state index in [1.165, 1.54) is 0 Å². The van der Waals surface area contributed by atoms with Gasteiger partial charge in [0.05, 0.1) is 5.69 Å². The summed E-state index contributed by atoms with van der Waals surface area (Å²) in [6, 6.07) is 0. The fraction of sp³-hybridized carbons (Fsp3) is 0.625. The van der Waals surface area contributed by atoms with Gasteiger partial charge in [0, 0.05) is 11.4 Å². The highest BCUT2D eigenvalue weighted by molar-refractivity contribution is 9.09. The molecule has 1 aromatic heterocycles. The second-order valence-electron chi connectivity index (χ2n) is 2.90. The van der Waals surface area contributed by atoms with Crippen molar-refractivity contribution >= 4 is 33.4 Å². The second-order valence-corrected chi connectivity index (χ2v) is 4.95. The molecule has 6 heteroatoms. The Morgan fingerprint density at radius 2 is 2.43 bits per heavy atom. The number of carbonyl (C=O) groups is 1. The van der Waals surface area contributed by atoms with Crippen LogP contribution in [0.5, 0.6) is 0 Å². The van der Waals surface area contributed by atoms with Crippen LogP contribution in [0, 0.1) is 6.92 Å². The molecule has 0 spiro atoms. The van der Waals surface area contributed by atoms with E-state index in [1.54, 1.807) is 6.92 Å². The van der Waals surface area contributed by atoms with E-state index in [1.807, 2.05) is 0 Å². The van der Waals surface area contributed by atoms with E-state index < -0.39 is 0 Å². The fourth-order valence-corrected chi connectivity index (χ4v) is 1.60. The zero-order chi connectivity index (χ0) is 10.6. The summed E-state index contributed by atoms with van der Waals surface area (Å²) in [5.41, 5.74) is 0.690. The molecule has 1 N–H and O–H groups in total. The maximum atomic E-state index is 11.5. The van der Waals surface area contributed by atoms with Gasteiger partial charge in [-0.25, -0.2) is 0 Å². The first-order valence-corrected chi connectivity index (χ1v) is 6.05. The normalized spacial score (nSPS) is 12.5. The molecule has 1 unspecified atom stereocenters. The average Bonchev–Trinajstić information content (AvgIpc) is 2.60. The minimum Gasteiger partial charge on any atom is -0.350 e. The molecule has 0 saturated heterocycles. The number of alkyl halides is 1. The number of rotatable bonds is 4. The summed E-state index contributed by atoms with van der Waals surface area (Å²) < 4.78 is 3.71. The number of carbonyl (C=O) groups excluding carboxylic acids is 1. The Kier molecular flexibility index (Phi) is 4.47. The van der Waals surface area contributed by atoms with Crippen molar-refractivity contribution in [2.75, 3.05) is 6.54 Å². The van der Waals surface area contributed by atoms with Gasteiger partial charge in [-0.05, 0) is 24.9 Å². The minimum atomic E-state index is -0.0876. The molecule has 0 fully saturated rings. The first kappa shape index (κ1) is 11.6. The van der Waals surface area contributed by atoms with E-state index in [0.29, 0.717) is 21.9 Å². The fourth-order valence-electron chi connectivity index (χ4n) is 0.868. The third-order valence-corrected chi connectivity index (χ3v) is 3.58. The standard InChI is InChI=1S/C8H12BrN3OS/c1-3-6(9)4-10-8(13)7-5(2)11-12-14-7/h6H,3-4H2,1-2H3,(H,10,13). The smallest absolute Gasteiger partial charge is 0.264 e. The van der Waals surface area contributed by atoms with Crippen molar-refractivity contribution in [2.45, 2.75) is 25.1 Å². The van der Waals surface area contributed by atoms with Gasteiger partial charge in [0.15, 0.2) is 0 Å². The van der Waals surface area contributed by atoms with Gasteiger partial charge >= 0.3 is 0 Å². The molecular formula is C8H12BrN3OS. The zero-order valence-corrected chi connectivity index (χ0v) is 10.5. The van der Waals surface area contributed by atoms with Crippen LogP contribution < -0.4 is 5.32 Å². The first-order chi connectivity index (χ1) is 6.65. The monoisotopic (exact) mass is 277 g/mol. The molecule has 1 amide bonds. The van der Waals surface area contributed by atoms with Crippen LogP contribution in [0.15, 0.2) is 0 Å². The summed E-state index contributed by atoms with van der Waals surface area (Å²) in [6.45, 7) is 4.47. The van der Waals surface area contributed by atoms with Gasteiger partial charge in [0.25, 0.3) is 5.91 Å². The van der Waals surface area contributed by atoms with Gasteiger partial charge < -0.3 is 5.32 Å². The maximum Gasteiger partial charge on any atom is 0.264 e. The third-order valence-electron chi connectivity index (χ3n) is 1.78. The topological polar surface area (TPSA) is 54.9 Å². The summed E-state index contributed by atoms with van der Waals surface area (Å²) in [4.78, 5) is 12.5. The Balaban J connectivity index is 2.47. The van der Waals surface area contributed by atoms with Crippen LogP contribution >= 0.6 is 27.5 Å². The molecule has 78 valence electrons. The average molecular weight is 278 g/mol. The van der Waals surface area contributed by atoms with E-state index in [2.05, 4.69) is 37.8 Å². The minimum absolute atomic E-state index is 0.0876. The zero-order valence-electron chi connectivity index (χ0n) is 8.08. The van der Waals surface area contributed by atoms with Crippen molar-refractivity contribution in [1.29, 1.82) is 0 Å². The Labute approximate surface area is 95.4 Å². The Hall–Kier alpha value is -0.490. The van der Waals surface area contributed by atoms with Crippen molar-refractivity contribution in [3.8, 4) is 0 Å². The number of aryl methyl sites for hydroxylation is 1. The molecule has 0 bridgehead atoms. The summed E-state index contributed by atoms with van der Waals surface area (Å²) in [5, 5.41) is 6.60. The van der Waals surface area contributed by atoms with Gasteiger partial charge in [0.1, 0.15) is 4.88 Å². The number of hydrogen-bond donors (Lipinski definition) is 1. The van der Waals surface area contributed by atoms with Crippen LogP contribution in [0.2, 0.25) is 0 Å². The Bertz CT molecular complexity index is 315. The molecular weight excluding hydrogens is 266 g/mol. The lowest BCUT2D eigenvalue weighted by molar-refractivity contribution is 0.0957. The molecule has 0 aliphatic carbocycles. The molecule has 1 atom stereocenters. The molecule has 1 rings (SSSR count). The SMILES string of the molecule is CCC(Br)CNC(=O)c1snnc1C. The quantitative estimate of drug-likeness (QED) is 0.854. The highest BCUT2D eigenvalue weighted by Gasteiger charge is 2.13. The summed E-state index contributed by atoms with van der Waals surface area (Å²) in [5.74, 6) is -0.0876. The number of hydrogen-bond acceptors (Lipinski definition) is 4. The molecule has 0 aliphatic rings. The number of nitrogens with one attached hydrogen (secondary N) is 1. The summed E-state index contributed by atoms with van der Waals surface area (Å²) >= 11 is 4.57. The van der Waals surface area contributed by atoms with Crippen molar-refractivity contribution in [2.24, 2.45) is 0 Å². The second kappa shape index (κ2) is 5.41. The van der Waals surface area contributed by atoms with E-state index in [-0.39, 0.29) is 5.91 Å². The Morgan fingerprint density at radius 3 is 2.93 bits per heavy atom. The van der Waals surface area contributed by atoms with Gasteiger partial charge in [-0.2, -0.15) is 0 Å². The molecule has 14 heavy (non-hydrogen) atoms. The highest BCUT2D eigenvalue weighted by Crippen LogP contribution is 2.09. The summed E-state index contributed by atoms with van der Waals surface area (Å²) in [6.07, 6.45) is 0.986. The van der Waals surface area contributed by atoms with Crippen molar-refractivity contribution in [3.05, 3.63) is 10.6 Å². The van der Waals surface area contributed by atoms with Gasteiger partial charge in [-0.15, -0.1) is 5.10 Å². The molecule has 0 saturated carbocycles. The summed E-state index contributed by atoms with van der Waals surface area (Å²) in [7, 11) is 0. The lowest BCUT2D eigenvalue weighted by Crippen LogP contribution is -2.29. The number of halogens is 1. The van der Waals surface area contributed by atoms with Crippen molar-refractivity contribution < 1.29 is 4.79 Å². The first-order valence-electron chi connectivity index (χ1n) is 4.36. The van der Waals surface area contributed by atoms with Gasteiger partial charge in [-0.1, -0.05) is 27.3 Å². The van der Waals surface area contributed by atoms with Gasteiger partial charge in [0.2, 0.25) is 0 Å². The molecule has 0 aliphatic heterocycles. The molecule has 0 radical (unpaired) electrons. The predicted octanol–water partition coefficient (Wildman–Crippen LogP) is 1.75. The molecule has 0 aromatic carbocycles. The highest BCUT2D eigenvalue weighted by atomic mass is 79.9. The number of amides is 1. The molecule has 1 aromatic rings. The van der Waals surface area contributed by atoms with Crippen LogP contribution in [0.25, 0.3) is 0 Å². The van der Waals surface area contributed by atoms with E-state index in [0.717, 1.165) is 18.0 Å². The van der Waals surface area contributed by atoms with Crippen LogP contribution in [0.3, 0.4) is 0 Å². The third kappa shape index (κ3) is 3.02. The van der Waals surface area contributed by atoms with Crippen LogP contribution in [-0.2, 0) is 0 Å². The molecule has 1 heterocycles. The van der Waals surface area contributed by atoms with Gasteiger partial charge in [-0.3, -0.25) is 4.79 Å². The largest absolute Gasteiger partial charge is 0.350 e. The lowest BCUT2D eigenvalue weighted by atomic mass is 10.3.